The molecule has 0 heterocycles. The second-order valence-corrected chi connectivity index (χ2v) is 12.3. The molecule has 0 spiro atoms. The topological polar surface area (TPSA) is 124 Å². The minimum Gasteiger partial charge on any atom is -0.394 e. The summed E-state index contributed by atoms with van der Waals surface area (Å²) in [6.45, 7) is 3.72. The molecule has 1 aromatic carbocycles. The van der Waals surface area contributed by atoms with E-state index in [4.69, 9.17) is 5.73 Å². The van der Waals surface area contributed by atoms with Gasteiger partial charge in [-0.2, -0.15) is 0 Å². The Labute approximate surface area is 228 Å². The first kappa shape index (κ1) is 30.6. The third kappa shape index (κ3) is 9.35. The van der Waals surface area contributed by atoms with Crippen LogP contribution in [0.2, 0.25) is 0 Å². The van der Waals surface area contributed by atoms with E-state index in [1.807, 2.05) is 44.2 Å². The van der Waals surface area contributed by atoms with Gasteiger partial charge in [-0.1, -0.05) is 89.1 Å². The van der Waals surface area contributed by atoms with E-state index in [1.165, 1.54) is 6.42 Å². The highest BCUT2D eigenvalue weighted by molar-refractivity contribution is 5.85. The Morgan fingerprint density at radius 2 is 1.61 bits per heavy atom. The van der Waals surface area contributed by atoms with Crippen LogP contribution in [0, 0.1) is 23.7 Å². The van der Waals surface area contributed by atoms with Gasteiger partial charge in [0.1, 0.15) is 6.10 Å². The Balaban J connectivity index is 2.01. The first-order valence-corrected chi connectivity index (χ1v) is 14.8. The van der Waals surface area contributed by atoms with E-state index < -0.39 is 36.1 Å². The fourth-order valence-electron chi connectivity index (χ4n) is 6.29. The number of hydrogen-bond donors (Lipinski definition) is 4. The fourth-order valence-corrected chi connectivity index (χ4v) is 6.29. The number of nitrogens with two attached hydrogens (primary N) is 1. The second-order valence-electron chi connectivity index (χ2n) is 12.3. The second kappa shape index (κ2) is 15.0. The van der Waals surface area contributed by atoms with Gasteiger partial charge in [0, 0.05) is 12.3 Å². The van der Waals surface area contributed by atoms with Crippen LogP contribution in [-0.2, 0) is 16.0 Å². The maximum atomic E-state index is 14.4. The van der Waals surface area contributed by atoms with Crippen LogP contribution in [0.15, 0.2) is 30.3 Å². The average Bonchev–Trinajstić information content (AvgIpc) is 3.71. The normalized spacial score (nSPS) is 20.5. The van der Waals surface area contributed by atoms with Gasteiger partial charge >= 0.3 is 0 Å². The summed E-state index contributed by atoms with van der Waals surface area (Å²) in [7, 11) is 0. The van der Waals surface area contributed by atoms with Gasteiger partial charge in [0.15, 0.2) is 0 Å². The molecule has 7 heteroatoms. The fraction of sp³-hybridized carbons (Fsp3) is 0.742. The number of carbonyl (C=O) groups is 2. The SMILES string of the molecule is CC(C)C[C@H](O)[C@H](O)[C@H](CC1CCCCC1)N(C(=O)[C@@H](CC(N)=O)CC1CC1)[C@@H](CO)Cc1ccccc1. The lowest BCUT2D eigenvalue weighted by Crippen LogP contribution is -2.59. The smallest absolute Gasteiger partial charge is 0.226 e. The van der Waals surface area contributed by atoms with E-state index >= 15 is 0 Å². The van der Waals surface area contributed by atoms with Crippen molar-refractivity contribution in [1.82, 2.24) is 4.90 Å². The Kier molecular flexibility index (Phi) is 12.1. The number of primary amides is 1. The molecule has 0 aromatic heterocycles. The zero-order chi connectivity index (χ0) is 27.7. The van der Waals surface area contributed by atoms with Gasteiger partial charge in [0.2, 0.25) is 11.8 Å². The molecule has 0 saturated heterocycles. The zero-order valence-corrected chi connectivity index (χ0v) is 23.4. The number of benzene rings is 1. The molecule has 5 N–H and O–H groups in total. The molecule has 0 aliphatic heterocycles. The van der Waals surface area contributed by atoms with E-state index in [-0.39, 0.29) is 24.9 Å². The van der Waals surface area contributed by atoms with Crippen LogP contribution >= 0.6 is 0 Å². The zero-order valence-electron chi connectivity index (χ0n) is 23.4. The van der Waals surface area contributed by atoms with Crippen molar-refractivity contribution in [2.75, 3.05) is 6.61 Å². The molecule has 0 bridgehead atoms. The number of aliphatic hydroxyl groups excluding tert-OH is 3. The lowest BCUT2D eigenvalue weighted by Gasteiger charge is -2.44. The summed E-state index contributed by atoms with van der Waals surface area (Å²) < 4.78 is 0. The summed E-state index contributed by atoms with van der Waals surface area (Å²) in [5.41, 5.74) is 6.58. The van der Waals surface area contributed by atoms with Crippen molar-refractivity contribution in [2.24, 2.45) is 29.4 Å². The molecular weight excluding hydrogens is 480 g/mol. The van der Waals surface area contributed by atoms with Crippen LogP contribution in [0.25, 0.3) is 0 Å². The van der Waals surface area contributed by atoms with Gasteiger partial charge in [-0.15, -0.1) is 0 Å². The van der Waals surface area contributed by atoms with Crippen molar-refractivity contribution in [2.45, 2.75) is 115 Å². The lowest BCUT2D eigenvalue weighted by atomic mass is 9.81. The summed E-state index contributed by atoms with van der Waals surface area (Å²) in [5, 5.41) is 33.4. The van der Waals surface area contributed by atoms with Gasteiger partial charge in [-0.25, -0.2) is 0 Å². The predicted molar refractivity (Wildman–Crippen MR) is 149 cm³/mol. The molecule has 2 aliphatic rings. The number of carbonyl (C=O) groups excluding carboxylic acids is 2. The van der Waals surface area contributed by atoms with Crippen molar-refractivity contribution in [3.63, 3.8) is 0 Å². The highest BCUT2D eigenvalue weighted by Crippen LogP contribution is 2.38. The molecule has 214 valence electrons. The van der Waals surface area contributed by atoms with Crippen LogP contribution in [0.3, 0.4) is 0 Å². The number of rotatable bonds is 16. The first-order chi connectivity index (χ1) is 18.2. The van der Waals surface area contributed by atoms with Crippen molar-refractivity contribution >= 4 is 11.8 Å². The minimum atomic E-state index is -1.15. The molecule has 38 heavy (non-hydrogen) atoms. The number of aliphatic hydroxyl groups is 3. The summed E-state index contributed by atoms with van der Waals surface area (Å²) >= 11 is 0. The molecule has 1 aromatic rings. The molecule has 0 radical (unpaired) electrons. The largest absolute Gasteiger partial charge is 0.394 e. The van der Waals surface area contributed by atoms with Crippen molar-refractivity contribution in [3.8, 4) is 0 Å². The standard InChI is InChI=1S/C31H50N2O5/c1-21(2)15-28(35)30(37)27(18-23-11-7-4-8-12-23)33(26(20-34)17-22-9-5-3-6-10-22)31(38)25(19-29(32)36)16-24-13-14-24/h3,5-6,9-10,21,23-28,30,34-35,37H,4,7-8,11-20H2,1-2H3,(H2,32,36)/t25-,26-,27+,28+,30-/m1/s1. The van der Waals surface area contributed by atoms with Crippen LogP contribution in [-0.4, -0.2) is 62.9 Å². The summed E-state index contributed by atoms with van der Waals surface area (Å²) in [6.07, 6.45) is 7.37. The summed E-state index contributed by atoms with van der Waals surface area (Å²) in [6, 6.07) is 8.48. The van der Waals surface area contributed by atoms with Crippen molar-refractivity contribution in [1.29, 1.82) is 0 Å². The third-order valence-corrected chi connectivity index (χ3v) is 8.44. The molecule has 0 unspecified atom stereocenters. The van der Waals surface area contributed by atoms with Gasteiger partial charge in [-0.3, -0.25) is 9.59 Å². The molecule has 3 rings (SSSR count). The highest BCUT2D eigenvalue weighted by Gasteiger charge is 2.42. The summed E-state index contributed by atoms with van der Waals surface area (Å²) in [5.74, 6) is -0.430. The third-order valence-electron chi connectivity index (χ3n) is 8.44. The average molecular weight is 531 g/mol. The molecular formula is C31H50N2O5. The van der Waals surface area contributed by atoms with Crippen LogP contribution in [0.5, 0.6) is 0 Å². The van der Waals surface area contributed by atoms with Crippen LogP contribution < -0.4 is 5.73 Å². The van der Waals surface area contributed by atoms with Gasteiger partial charge in [0.25, 0.3) is 0 Å². The van der Waals surface area contributed by atoms with E-state index in [1.54, 1.807) is 4.90 Å². The quantitative estimate of drug-likeness (QED) is 0.259. The number of amides is 2. The molecule has 2 saturated carbocycles. The van der Waals surface area contributed by atoms with Gasteiger partial charge in [0.05, 0.1) is 24.8 Å². The lowest BCUT2D eigenvalue weighted by molar-refractivity contribution is -0.151. The molecule has 2 fully saturated rings. The Hall–Kier alpha value is -1.96. The predicted octanol–water partition coefficient (Wildman–Crippen LogP) is 3.82. The van der Waals surface area contributed by atoms with E-state index in [9.17, 15) is 24.9 Å². The monoisotopic (exact) mass is 530 g/mol. The Morgan fingerprint density at radius 3 is 2.16 bits per heavy atom. The minimum absolute atomic E-state index is 0.0455. The molecule has 2 aliphatic carbocycles. The maximum Gasteiger partial charge on any atom is 0.226 e. The maximum absolute atomic E-state index is 14.4. The molecule has 7 nitrogen and oxygen atoms in total. The van der Waals surface area contributed by atoms with Crippen molar-refractivity contribution < 1.29 is 24.9 Å². The number of nitrogens with zero attached hydrogens (tertiary/aromatic N) is 1. The van der Waals surface area contributed by atoms with E-state index in [0.29, 0.717) is 37.5 Å². The van der Waals surface area contributed by atoms with Crippen molar-refractivity contribution in [3.05, 3.63) is 35.9 Å². The van der Waals surface area contributed by atoms with Crippen LogP contribution in [0.4, 0.5) is 0 Å². The van der Waals surface area contributed by atoms with E-state index in [2.05, 4.69) is 0 Å². The molecule has 5 atom stereocenters. The van der Waals surface area contributed by atoms with Crippen LogP contribution in [0.1, 0.15) is 90.0 Å². The van der Waals surface area contributed by atoms with Gasteiger partial charge in [-0.05, 0) is 49.0 Å². The summed E-state index contributed by atoms with van der Waals surface area (Å²) in [4.78, 5) is 28.1. The highest BCUT2D eigenvalue weighted by atomic mass is 16.3. The Bertz CT molecular complexity index is 853. The first-order valence-electron chi connectivity index (χ1n) is 14.8. The van der Waals surface area contributed by atoms with E-state index in [0.717, 1.165) is 44.1 Å². The molecule has 2 amide bonds. The number of hydrogen-bond acceptors (Lipinski definition) is 5. The Morgan fingerprint density at radius 1 is 0.974 bits per heavy atom. The van der Waals surface area contributed by atoms with Gasteiger partial charge < -0.3 is 26.0 Å².